The summed E-state index contributed by atoms with van der Waals surface area (Å²) < 4.78 is 13.5. The average molecular weight is 463 g/mol. The lowest BCUT2D eigenvalue weighted by Crippen LogP contribution is -2.44. The summed E-state index contributed by atoms with van der Waals surface area (Å²) in [4.78, 5) is 0. The Hall–Kier alpha value is -1.23. The molecular formula is C26H46O3Si2. The van der Waals surface area contributed by atoms with Crippen LogP contribution in [0.1, 0.15) is 59.6 Å². The first-order chi connectivity index (χ1) is 13.9. The van der Waals surface area contributed by atoms with Crippen LogP contribution >= 0.6 is 0 Å². The third-order valence-electron chi connectivity index (χ3n) is 7.37. The van der Waals surface area contributed by atoms with Crippen LogP contribution in [0.4, 0.5) is 0 Å². The molecule has 0 unspecified atom stereocenters. The summed E-state index contributed by atoms with van der Waals surface area (Å²) in [6.07, 6.45) is 6.53. The average Bonchev–Trinajstić information content (AvgIpc) is 2.58. The molecule has 0 amide bonds. The lowest BCUT2D eigenvalue weighted by molar-refractivity contribution is 0.209. The fourth-order valence-corrected chi connectivity index (χ4v) is 4.86. The summed E-state index contributed by atoms with van der Waals surface area (Å²) in [7, 11) is -4.04. The molecule has 31 heavy (non-hydrogen) atoms. The van der Waals surface area contributed by atoms with Crippen LogP contribution in [0.5, 0.6) is 11.5 Å². The molecule has 0 radical (unpaired) electrons. The van der Waals surface area contributed by atoms with E-state index < -0.39 is 16.6 Å². The second-order valence-corrected chi connectivity index (χ2v) is 21.5. The molecule has 0 aromatic heterocycles. The second-order valence-electron chi connectivity index (χ2n) is 12.1. The van der Waals surface area contributed by atoms with E-state index in [-0.39, 0.29) is 28.5 Å². The summed E-state index contributed by atoms with van der Waals surface area (Å²) in [6, 6.07) is 4.21. The van der Waals surface area contributed by atoms with Crippen molar-refractivity contribution in [2.75, 3.05) is 6.61 Å². The fourth-order valence-electron chi connectivity index (χ4n) is 2.81. The molecule has 2 atom stereocenters. The predicted octanol–water partition coefficient (Wildman–Crippen LogP) is 7.18. The Kier molecular flexibility index (Phi) is 8.72. The van der Waals surface area contributed by atoms with Gasteiger partial charge in [-0.1, -0.05) is 48.5 Å². The zero-order valence-corrected chi connectivity index (χ0v) is 24.1. The van der Waals surface area contributed by atoms with Gasteiger partial charge in [0.2, 0.25) is 16.6 Å². The lowest BCUT2D eigenvalue weighted by Gasteiger charge is -2.39. The summed E-state index contributed by atoms with van der Waals surface area (Å²) >= 11 is 0. The van der Waals surface area contributed by atoms with Gasteiger partial charge in [0.1, 0.15) is 11.5 Å². The molecule has 5 heteroatoms. The van der Waals surface area contributed by atoms with Crippen molar-refractivity contribution in [1.82, 2.24) is 0 Å². The summed E-state index contributed by atoms with van der Waals surface area (Å²) in [6.45, 7) is 26.8. The van der Waals surface area contributed by atoms with Crippen LogP contribution < -0.4 is 8.85 Å². The van der Waals surface area contributed by atoms with Crippen LogP contribution in [-0.4, -0.2) is 28.3 Å². The van der Waals surface area contributed by atoms with Crippen LogP contribution in [0.25, 0.3) is 0 Å². The Labute approximate surface area is 194 Å². The van der Waals surface area contributed by atoms with Gasteiger partial charge in [0.15, 0.2) is 0 Å². The molecule has 0 aliphatic carbocycles. The van der Waals surface area contributed by atoms with E-state index in [2.05, 4.69) is 92.7 Å². The van der Waals surface area contributed by atoms with Crippen molar-refractivity contribution >= 4 is 16.6 Å². The number of aryl methyl sites for hydroxylation is 1. The van der Waals surface area contributed by atoms with Crippen LogP contribution in [0, 0.1) is 31.1 Å². The van der Waals surface area contributed by atoms with Gasteiger partial charge in [0.25, 0.3) is 0 Å². The van der Waals surface area contributed by atoms with Crippen molar-refractivity contribution in [2.24, 2.45) is 11.8 Å². The first-order valence-electron chi connectivity index (χ1n) is 11.4. The van der Waals surface area contributed by atoms with E-state index in [0.717, 1.165) is 22.6 Å². The molecule has 1 aromatic rings. The van der Waals surface area contributed by atoms with Crippen molar-refractivity contribution < 1.29 is 14.0 Å². The zero-order chi connectivity index (χ0) is 24.4. The predicted molar refractivity (Wildman–Crippen MR) is 139 cm³/mol. The molecule has 0 saturated carbocycles. The molecule has 0 heterocycles. The second kappa shape index (κ2) is 9.72. The molecule has 1 N–H and O–H groups in total. The van der Waals surface area contributed by atoms with E-state index >= 15 is 0 Å². The highest BCUT2D eigenvalue weighted by Gasteiger charge is 2.41. The molecule has 1 aromatic carbocycles. The number of hydrogen-bond donors (Lipinski definition) is 1. The van der Waals surface area contributed by atoms with E-state index in [1.165, 1.54) is 0 Å². The van der Waals surface area contributed by atoms with Gasteiger partial charge in [-0.15, -0.1) is 12.3 Å². The largest absolute Gasteiger partial charge is 0.543 e. The third-order valence-corrected chi connectivity index (χ3v) is 16.1. The molecule has 0 aliphatic heterocycles. The van der Waals surface area contributed by atoms with Gasteiger partial charge in [0, 0.05) is 18.6 Å². The molecule has 0 fully saturated rings. The Bertz CT molecular complexity index is 793. The van der Waals surface area contributed by atoms with Crippen LogP contribution in [-0.2, 0) is 6.42 Å². The summed E-state index contributed by atoms with van der Waals surface area (Å²) in [5, 5.41) is 9.86. The first-order valence-corrected chi connectivity index (χ1v) is 17.3. The molecule has 0 saturated heterocycles. The fraction of sp³-hybridized carbons (Fsp3) is 0.692. The number of hydrogen-bond acceptors (Lipinski definition) is 3. The van der Waals surface area contributed by atoms with Gasteiger partial charge in [-0.05, 0) is 72.7 Å². The van der Waals surface area contributed by atoms with E-state index in [1.54, 1.807) is 0 Å². The Morgan fingerprint density at radius 1 is 0.968 bits per heavy atom. The Balaban J connectivity index is 3.54. The highest BCUT2D eigenvalue weighted by atomic mass is 28.4. The van der Waals surface area contributed by atoms with Crippen LogP contribution in [0.2, 0.25) is 36.3 Å². The normalized spacial score (nSPS) is 15.2. The van der Waals surface area contributed by atoms with Crippen molar-refractivity contribution in [1.29, 1.82) is 0 Å². The van der Waals surface area contributed by atoms with Gasteiger partial charge in [0.05, 0.1) is 0 Å². The van der Waals surface area contributed by atoms with Gasteiger partial charge in [-0.25, -0.2) is 0 Å². The van der Waals surface area contributed by atoms with E-state index in [1.807, 2.05) is 6.92 Å². The molecule has 1 rings (SSSR count). The maximum atomic E-state index is 9.66. The summed E-state index contributed by atoms with van der Waals surface area (Å²) in [5.41, 5.74) is 2.27. The highest BCUT2D eigenvalue weighted by Crippen LogP contribution is 2.43. The van der Waals surface area contributed by atoms with E-state index in [9.17, 15) is 5.11 Å². The molecular weight excluding hydrogens is 416 g/mol. The lowest BCUT2D eigenvalue weighted by atomic mass is 9.87. The Morgan fingerprint density at radius 3 is 1.87 bits per heavy atom. The Morgan fingerprint density at radius 2 is 1.45 bits per heavy atom. The van der Waals surface area contributed by atoms with E-state index in [4.69, 9.17) is 15.3 Å². The van der Waals surface area contributed by atoms with Crippen molar-refractivity contribution in [3.8, 4) is 23.8 Å². The van der Waals surface area contributed by atoms with Gasteiger partial charge in [-0.2, -0.15) is 0 Å². The third kappa shape index (κ3) is 6.87. The standard InChI is InChI=1S/C26H46O3Si2/c1-14-21(20(3)18-27)16-23-19(2)15-22(28-30(10,11)25(4,5)6)17-24(23)29-31(12,13)26(7,8)9/h1,15,17,20-21,27H,16,18H2,2-13H3/t20-,21+/m0/s1. The SMILES string of the molecule is C#C[C@H](Cc1c(C)cc(O[Si](C)(C)C(C)(C)C)cc1O[Si](C)(C)C(C)(C)C)[C@@H](C)CO. The minimum absolute atomic E-state index is 0.0354. The molecule has 3 nitrogen and oxygen atoms in total. The van der Waals surface area contributed by atoms with Crippen LogP contribution in [0.3, 0.4) is 0 Å². The minimum atomic E-state index is -2.06. The first kappa shape index (κ1) is 27.8. The summed E-state index contributed by atoms with van der Waals surface area (Å²) in [5.74, 6) is 4.66. The van der Waals surface area contributed by atoms with Gasteiger partial charge < -0.3 is 14.0 Å². The maximum absolute atomic E-state index is 9.66. The number of aliphatic hydroxyl groups is 1. The monoisotopic (exact) mass is 462 g/mol. The molecule has 176 valence electrons. The van der Waals surface area contributed by atoms with Gasteiger partial charge >= 0.3 is 0 Å². The van der Waals surface area contributed by atoms with Crippen molar-refractivity contribution in [3.63, 3.8) is 0 Å². The van der Waals surface area contributed by atoms with E-state index in [0.29, 0.717) is 6.42 Å². The topological polar surface area (TPSA) is 38.7 Å². The van der Waals surface area contributed by atoms with Crippen molar-refractivity contribution in [2.45, 2.75) is 98.1 Å². The molecule has 0 aliphatic rings. The van der Waals surface area contributed by atoms with Crippen LogP contribution in [0.15, 0.2) is 12.1 Å². The molecule has 0 bridgehead atoms. The number of rotatable bonds is 8. The van der Waals surface area contributed by atoms with Gasteiger partial charge in [-0.3, -0.25) is 0 Å². The number of aliphatic hydroxyl groups excluding tert-OH is 1. The maximum Gasteiger partial charge on any atom is 0.250 e. The van der Waals surface area contributed by atoms with Crippen molar-refractivity contribution in [3.05, 3.63) is 23.3 Å². The quantitative estimate of drug-likeness (QED) is 0.328. The zero-order valence-electron chi connectivity index (χ0n) is 22.1. The highest BCUT2D eigenvalue weighted by molar-refractivity contribution is 6.75. The minimum Gasteiger partial charge on any atom is -0.543 e. The number of terminal acetylenes is 1. The smallest absolute Gasteiger partial charge is 0.250 e. The number of benzene rings is 1. The molecule has 0 spiro atoms.